The van der Waals surface area contributed by atoms with Crippen LogP contribution in [-0.2, 0) is 0 Å². The van der Waals surface area contributed by atoms with E-state index in [1.165, 1.54) is 29.9 Å². The molecule has 0 radical (unpaired) electrons. The van der Waals surface area contributed by atoms with Crippen LogP contribution in [0.4, 0.5) is 0 Å². The van der Waals surface area contributed by atoms with Crippen molar-refractivity contribution in [3.05, 3.63) is 0 Å². The van der Waals surface area contributed by atoms with Crippen LogP contribution in [0.25, 0.3) is 0 Å². The van der Waals surface area contributed by atoms with Crippen LogP contribution >= 0.6 is 31.9 Å². The number of hydrogen-bond acceptors (Lipinski definition) is 0. The number of halogens is 2. The predicted octanol–water partition coefficient (Wildman–Crippen LogP) is 3.19. The van der Waals surface area contributed by atoms with Gasteiger partial charge in [0.1, 0.15) is 0 Å². The zero-order valence-electron chi connectivity index (χ0n) is 5.45. The van der Waals surface area contributed by atoms with E-state index < -0.39 is 0 Å². The summed E-state index contributed by atoms with van der Waals surface area (Å²) in [4.78, 5) is 0. The van der Waals surface area contributed by atoms with E-state index in [1.54, 1.807) is 0 Å². The third kappa shape index (κ3) is 1.94. The number of rotatable bonds is 2. The highest BCUT2D eigenvalue weighted by Gasteiger charge is 2.24. The molecule has 1 saturated carbocycles. The molecule has 0 aromatic heterocycles. The third-order valence-electron chi connectivity index (χ3n) is 2.21. The van der Waals surface area contributed by atoms with Gasteiger partial charge in [-0.1, -0.05) is 38.3 Å². The highest BCUT2D eigenvalue weighted by molar-refractivity contribution is 9.09. The molecule has 9 heavy (non-hydrogen) atoms. The summed E-state index contributed by atoms with van der Waals surface area (Å²) in [6.07, 6.45) is 4.30. The van der Waals surface area contributed by atoms with E-state index in [2.05, 4.69) is 31.9 Å². The summed E-state index contributed by atoms with van der Waals surface area (Å²) in [7, 11) is 0. The topological polar surface area (TPSA) is 0 Å². The molecule has 54 valence electrons. The Morgan fingerprint density at radius 1 is 1.00 bits per heavy atom. The summed E-state index contributed by atoms with van der Waals surface area (Å²) in [6, 6.07) is 0. The average Bonchev–Trinajstić information content (AvgIpc) is 2.33. The highest BCUT2D eigenvalue weighted by atomic mass is 79.9. The maximum atomic E-state index is 3.54. The number of alkyl halides is 2. The van der Waals surface area contributed by atoms with E-state index in [9.17, 15) is 0 Å². The lowest BCUT2D eigenvalue weighted by atomic mass is 10.0. The standard InChI is InChI=1S/C7H12Br2/c8-4-6-2-1-3-7(6)5-9/h6-7H,1-5H2/t6-,7-/m1/s1. The molecule has 0 N–H and O–H groups in total. The fourth-order valence-corrected chi connectivity index (χ4v) is 3.22. The lowest BCUT2D eigenvalue weighted by Gasteiger charge is -2.12. The van der Waals surface area contributed by atoms with Gasteiger partial charge in [-0.25, -0.2) is 0 Å². The lowest BCUT2D eigenvalue weighted by Crippen LogP contribution is -2.09. The third-order valence-corrected chi connectivity index (χ3v) is 3.88. The summed E-state index contributed by atoms with van der Waals surface area (Å²) in [5, 5.41) is 2.40. The van der Waals surface area contributed by atoms with E-state index >= 15 is 0 Å². The molecule has 0 heterocycles. The molecule has 0 aliphatic heterocycles. The van der Waals surface area contributed by atoms with Gasteiger partial charge in [0.2, 0.25) is 0 Å². The Balaban J connectivity index is 2.32. The fraction of sp³-hybridized carbons (Fsp3) is 1.00. The van der Waals surface area contributed by atoms with Gasteiger partial charge in [0.25, 0.3) is 0 Å². The van der Waals surface area contributed by atoms with Crippen LogP contribution in [-0.4, -0.2) is 10.7 Å². The van der Waals surface area contributed by atoms with Crippen molar-refractivity contribution in [2.45, 2.75) is 19.3 Å². The molecule has 0 unspecified atom stereocenters. The van der Waals surface area contributed by atoms with Crippen molar-refractivity contribution in [1.82, 2.24) is 0 Å². The Bertz CT molecular complexity index is 73.0. The van der Waals surface area contributed by atoms with Crippen LogP contribution in [0, 0.1) is 11.8 Å². The molecular formula is C7H12Br2. The van der Waals surface area contributed by atoms with E-state index in [-0.39, 0.29) is 0 Å². The van der Waals surface area contributed by atoms with Crippen molar-refractivity contribution in [3.8, 4) is 0 Å². The molecule has 0 saturated heterocycles. The van der Waals surface area contributed by atoms with E-state index in [1.807, 2.05) is 0 Å². The Kier molecular flexibility index (Phi) is 3.55. The van der Waals surface area contributed by atoms with Crippen LogP contribution in [0.15, 0.2) is 0 Å². The van der Waals surface area contributed by atoms with Crippen molar-refractivity contribution >= 4 is 31.9 Å². The fourth-order valence-electron chi connectivity index (χ4n) is 1.52. The van der Waals surface area contributed by atoms with Crippen LogP contribution in [0.2, 0.25) is 0 Å². The molecule has 2 atom stereocenters. The van der Waals surface area contributed by atoms with Crippen molar-refractivity contribution in [2.24, 2.45) is 11.8 Å². The van der Waals surface area contributed by atoms with Gasteiger partial charge >= 0.3 is 0 Å². The molecule has 0 aromatic rings. The van der Waals surface area contributed by atoms with Crippen LogP contribution in [0.1, 0.15) is 19.3 Å². The van der Waals surface area contributed by atoms with Gasteiger partial charge in [-0.15, -0.1) is 0 Å². The molecule has 1 rings (SSSR count). The Morgan fingerprint density at radius 3 is 1.78 bits per heavy atom. The predicted molar refractivity (Wildman–Crippen MR) is 48.4 cm³/mol. The molecule has 1 aliphatic rings. The molecule has 1 aliphatic carbocycles. The van der Waals surface area contributed by atoms with Crippen LogP contribution in [0.5, 0.6) is 0 Å². The quantitative estimate of drug-likeness (QED) is 0.665. The van der Waals surface area contributed by atoms with Crippen molar-refractivity contribution in [1.29, 1.82) is 0 Å². The first-order chi connectivity index (χ1) is 4.38. The largest absolute Gasteiger partial charge is 0.0925 e. The van der Waals surface area contributed by atoms with Crippen LogP contribution < -0.4 is 0 Å². The van der Waals surface area contributed by atoms with Gasteiger partial charge in [-0.05, 0) is 24.7 Å². The second kappa shape index (κ2) is 3.97. The highest BCUT2D eigenvalue weighted by Crippen LogP contribution is 2.33. The van der Waals surface area contributed by atoms with Gasteiger partial charge in [-0.2, -0.15) is 0 Å². The Hall–Kier alpha value is 0.960. The molecule has 0 aromatic carbocycles. The molecule has 0 bridgehead atoms. The zero-order valence-corrected chi connectivity index (χ0v) is 8.62. The average molecular weight is 256 g/mol. The van der Waals surface area contributed by atoms with Gasteiger partial charge in [0.05, 0.1) is 0 Å². The van der Waals surface area contributed by atoms with E-state index in [0.29, 0.717) is 0 Å². The smallest absolute Gasteiger partial charge is 0.00626 e. The molecule has 1 fully saturated rings. The molecule has 0 spiro atoms. The molecule has 0 nitrogen and oxygen atoms in total. The van der Waals surface area contributed by atoms with E-state index in [4.69, 9.17) is 0 Å². The SMILES string of the molecule is BrC[C@H]1CCC[C@@H]1CBr. The molecule has 2 heteroatoms. The monoisotopic (exact) mass is 254 g/mol. The van der Waals surface area contributed by atoms with Gasteiger partial charge in [0, 0.05) is 10.7 Å². The zero-order chi connectivity index (χ0) is 6.69. The molecule has 0 amide bonds. The first-order valence-corrected chi connectivity index (χ1v) is 5.74. The minimum atomic E-state index is 0.948. The lowest BCUT2D eigenvalue weighted by molar-refractivity contribution is 0.477. The molecular weight excluding hydrogens is 244 g/mol. The maximum absolute atomic E-state index is 3.54. The van der Waals surface area contributed by atoms with Gasteiger partial charge in [0.15, 0.2) is 0 Å². The second-order valence-corrected chi connectivity index (χ2v) is 4.05. The summed E-state index contributed by atoms with van der Waals surface area (Å²) in [6.45, 7) is 0. The normalized spacial score (nSPS) is 35.3. The first-order valence-electron chi connectivity index (χ1n) is 3.50. The summed E-state index contributed by atoms with van der Waals surface area (Å²) in [5.41, 5.74) is 0. The minimum Gasteiger partial charge on any atom is -0.0925 e. The van der Waals surface area contributed by atoms with E-state index in [0.717, 1.165) is 11.8 Å². The van der Waals surface area contributed by atoms with Crippen molar-refractivity contribution in [2.75, 3.05) is 10.7 Å². The maximum Gasteiger partial charge on any atom is 0.00626 e. The number of hydrogen-bond donors (Lipinski definition) is 0. The summed E-state index contributed by atoms with van der Waals surface area (Å²) >= 11 is 7.07. The van der Waals surface area contributed by atoms with Crippen molar-refractivity contribution in [3.63, 3.8) is 0 Å². The van der Waals surface area contributed by atoms with Gasteiger partial charge < -0.3 is 0 Å². The first kappa shape index (κ1) is 8.06. The minimum absolute atomic E-state index is 0.948. The Morgan fingerprint density at radius 2 is 1.44 bits per heavy atom. The summed E-state index contributed by atoms with van der Waals surface area (Å²) in [5.74, 6) is 1.90. The second-order valence-electron chi connectivity index (χ2n) is 2.76. The Labute approximate surface area is 73.7 Å². The van der Waals surface area contributed by atoms with Crippen LogP contribution in [0.3, 0.4) is 0 Å². The summed E-state index contributed by atoms with van der Waals surface area (Å²) < 4.78 is 0. The van der Waals surface area contributed by atoms with Crippen molar-refractivity contribution < 1.29 is 0 Å². The van der Waals surface area contributed by atoms with Gasteiger partial charge in [-0.3, -0.25) is 0 Å².